The van der Waals surface area contributed by atoms with E-state index in [2.05, 4.69) is 48.1 Å². The van der Waals surface area contributed by atoms with Crippen LogP contribution in [0.15, 0.2) is 24.3 Å². The minimum atomic E-state index is 0.620. The monoisotopic (exact) mass is 400 g/mol. The van der Waals surface area contributed by atoms with Gasteiger partial charge in [0.15, 0.2) is 0 Å². The van der Waals surface area contributed by atoms with Gasteiger partial charge in [0, 0.05) is 30.8 Å². The topological polar surface area (TPSA) is 34.0 Å². The fourth-order valence-corrected chi connectivity index (χ4v) is 4.81. The summed E-state index contributed by atoms with van der Waals surface area (Å²) in [5.74, 6) is 0.620. The third-order valence-electron chi connectivity index (χ3n) is 5.29. The number of aromatic nitrogens is 3. The molecule has 0 bridgehead atoms. The molecule has 0 amide bonds. The van der Waals surface area contributed by atoms with E-state index in [1.165, 1.54) is 39.5 Å². The number of thiazole rings is 1. The molecule has 0 spiro atoms. The lowest BCUT2D eigenvalue weighted by atomic mass is 9.97. The Morgan fingerprint density at radius 2 is 1.68 bits per heavy atom. The van der Waals surface area contributed by atoms with Gasteiger partial charge in [-0.25, -0.2) is 4.98 Å². The molecule has 1 aliphatic rings. The fourth-order valence-electron chi connectivity index (χ4n) is 3.67. The van der Waals surface area contributed by atoms with Crippen LogP contribution in [0.2, 0.25) is 0 Å². The molecule has 0 unspecified atom stereocenters. The van der Waals surface area contributed by atoms with E-state index in [9.17, 15) is 0 Å². The van der Waals surface area contributed by atoms with Crippen molar-refractivity contribution in [2.24, 2.45) is 7.05 Å². The first-order valence-corrected chi connectivity index (χ1v) is 11.5. The van der Waals surface area contributed by atoms with E-state index >= 15 is 0 Å². The first kappa shape index (κ1) is 22.6. The summed E-state index contributed by atoms with van der Waals surface area (Å²) in [6, 6.07) is 8.48. The van der Waals surface area contributed by atoms with Gasteiger partial charge < -0.3 is 0 Å². The molecular weight excluding hydrogens is 364 g/mol. The molecule has 4 rings (SSSR count). The molecule has 1 aliphatic heterocycles. The summed E-state index contributed by atoms with van der Waals surface area (Å²) >= 11 is 1.87. The summed E-state index contributed by atoms with van der Waals surface area (Å²) in [6.07, 6.45) is 2.41. The summed E-state index contributed by atoms with van der Waals surface area (Å²) in [6.45, 7) is 15.6. The fraction of sp³-hybridized carbons (Fsp3) is 0.565. The number of rotatable bonds is 3. The quantitative estimate of drug-likeness (QED) is 0.534. The van der Waals surface area contributed by atoms with Crippen LogP contribution in [-0.2, 0) is 13.6 Å². The molecular formula is C23H36N4S. The zero-order chi connectivity index (χ0) is 20.7. The summed E-state index contributed by atoms with van der Waals surface area (Å²) in [7, 11) is 2.03. The lowest BCUT2D eigenvalue weighted by molar-refractivity contribution is 0.204. The van der Waals surface area contributed by atoms with E-state index in [1.54, 1.807) is 0 Å². The molecule has 1 saturated heterocycles. The Morgan fingerprint density at radius 3 is 2.25 bits per heavy atom. The van der Waals surface area contributed by atoms with Crippen molar-refractivity contribution in [3.05, 3.63) is 46.2 Å². The average molecular weight is 401 g/mol. The SMILES string of the molecule is CC.CC.Cc1nn(C)c(C)c1CN1CCC(c2nc3ccccc3s2)CC1. The number of hydrogen-bond donors (Lipinski definition) is 0. The number of hydrogen-bond acceptors (Lipinski definition) is 4. The highest BCUT2D eigenvalue weighted by Crippen LogP contribution is 2.34. The maximum Gasteiger partial charge on any atom is 0.0970 e. The lowest BCUT2D eigenvalue weighted by Gasteiger charge is -2.31. The Morgan fingerprint density at radius 1 is 1.04 bits per heavy atom. The van der Waals surface area contributed by atoms with Gasteiger partial charge >= 0.3 is 0 Å². The van der Waals surface area contributed by atoms with Crippen molar-refractivity contribution in [2.45, 2.75) is 66.8 Å². The normalized spacial score (nSPS) is 15.0. The van der Waals surface area contributed by atoms with Gasteiger partial charge in [0.1, 0.15) is 0 Å². The molecule has 5 heteroatoms. The maximum absolute atomic E-state index is 4.86. The van der Waals surface area contributed by atoms with Gasteiger partial charge in [0.2, 0.25) is 0 Å². The second-order valence-corrected chi connectivity index (χ2v) is 7.91. The summed E-state index contributed by atoms with van der Waals surface area (Å²) in [5.41, 5.74) is 5.02. The second-order valence-electron chi connectivity index (χ2n) is 6.84. The number of likely N-dealkylation sites (tertiary alicyclic amines) is 1. The Kier molecular flexibility index (Phi) is 8.64. The van der Waals surface area contributed by atoms with Gasteiger partial charge in [-0.15, -0.1) is 11.3 Å². The predicted octanol–water partition coefficient (Wildman–Crippen LogP) is 6.08. The van der Waals surface area contributed by atoms with Crippen molar-refractivity contribution in [3.8, 4) is 0 Å². The zero-order valence-electron chi connectivity index (χ0n) is 18.6. The van der Waals surface area contributed by atoms with E-state index in [-0.39, 0.29) is 0 Å². The Hall–Kier alpha value is -1.72. The van der Waals surface area contributed by atoms with Gasteiger partial charge in [-0.05, 0) is 51.9 Å². The molecule has 2 aromatic heterocycles. The van der Waals surface area contributed by atoms with Crippen molar-refractivity contribution in [1.29, 1.82) is 0 Å². The van der Waals surface area contributed by atoms with Crippen molar-refractivity contribution in [2.75, 3.05) is 13.1 Å². The maximum atomic E-state index is 4.86. The Bertz CT molecular complexity index is 824. The molecule has 3 aromatic rings. The summed E-state index contributed by atoms with van der Waals surface area (Å²) < 4.78 is 3.31. The van der Waals surface area contributed by atoms with Crippen molar-refractivity contribution in [3.63, 3.8) is 0 Å². The highest BCUT2D eigenvalue weighted by molar-refractivity contribution is 7.18. The third-order valence-corrected chi connectivity index (χ3v) is 6.49. The molecule has 0 atom stereocenters. The zero-order valence-corrected chi connectivity index (χ0v) is 19.4. The summed E-state index contributed by atoms with van der Waals surface area (Å²) in [5, 5.41) is 5.87. The first-order chi connectivity index (χ1) is 13.6. The molecule has 1 fully saturated rings. The molecule has 0 saturated carbocycles. The van der Waals surface area contributed by atoms with E-state index in [0.717, 1.165) is 25.2 Å². The predicted molar refractivity (Wildman–Crippen MR) is 122 cm³/mol. The van der Waals surface area contributed by atoms with E-state index in [4.69, 9.17) is 4.98 Å². The molecule has 154 valence electrons. The molecule has 4 nitrogen and oxygen atoms in total. The van der Waals surface area contributed by atoms with Crippen LogP contribution in [0.1, 0.15) is 68.4 Å². The van der Waals surface area contributed by atoms with Gasteiger partial charge in [-0.3, -0.25) is 9.58 Å². The van der Waals surface area contributed by atoms with E-state index < -0.39 is 0 Å². The minimum Gasteiger partial charge on any atom is -0.299 e. The van der Waals surface area contributed by atoms with Crippen LogP contribution >= 0.6 is 11.3 Å². The van der Waals surface area contributed by atoms with Crippen LogP contribution in [0.4, 0.5) is 0 Å². The Balaban J connectivity index is 0.000000660. The van der Waals surface area contributed by atoms with Gasteiger partial charge in [0.25, 0.3) is 0 Å². The summed E-state index contributed by atoms with van der Waals surface area (Å²) in [4.78, 5) is 7.43. The smallest absolute Gasteiger partial charge is 0.0970 e. The average Bonchev–Trinajstić information content (AvgIpc) is 3.28. The van der Waals surface area contributed by atoms with Crippen molar-refractivity contribution >= 4 is 21.6 Å². The van der Waals surface area contributed by atoms with Crippen molar-refractivity contribution in [1.82, 2.24) is 19.7 Å². The number of fused-ring (bicyclic) bond motifs is 1. The van der Waals surface area contributed by atoms with Crippen molar-refractivity contribution < 1.29 is 0 Å². The Labute approximate surface area is 174 Å². The molecule has 0 N–H and O–H groups in total. The van der Waals surface area contributed by atoms with Gasteiger partial charge in [0.05, 0.1) is 20.9 Å². The van der Waals surface area contributed by atoms with Crippen LogP contribution < -0.4 is 0 Å². The van der Waals surface area contributed by atoms with Crippen LogP contribution in [-0.4, -0.2) is 32.8 Å². The van der Waals surface area contributed by atoms with Gasteiger partial charge in [-0.2, -0.15) is 5.10 Å². The third kappa shape index (κ3) is 5.00. The van der Waals surface area contributed by atoms with E-state index in [0.29, 0.717) is 5.92 Å². The first-order valence-electron chi connectivity index (χ1n) is 10.7. The second kappa shape index (κ2) is 10.7. The standard InChI is InChI=1S/C19H24N4S.2C2H6/c1-13-16(14(2)22(3)21-13)12-23-10-8-15(9-11-23)19-20-17-6-4-5-7-18(17)24-19;2*1-2/h4-7,15H,8-12H2,1-3H3;2*1-2H3. The number of para-hydroxylation sites is 1. The van der Waals surface area contributed by atoms with Crippen LogP contribution in [0.3, 0.4) is 0 Å². The van der Waals surface area contributed by atoms with Crippen LogP contribution in [0.25, 0.3) is 10.2 Å². The number of piperidine rings is 1. The number of aryl methyl sites for hydroxylation is 2. The lowest BCUT2D eigenvalue weighted by Crippen LogP contribution is -2.32. The largest absolute Gasteiger partial charge is 0.299 e. The van der Waals surface area contributed by atoms with Gasteiger partial charge in [-0.1, -0.05) is 39.8 Å². The molecule has 28 heavy (non-hydrogen) atoms. The minimum absolute atomic E-state index is 0.620. The van der Waals surface area contributed by atoms with Crippen LogP contribution in [0.5, 0.6) is 0 Å². The molecule has 0 radical (unpaired) electrons. The van der Waals surface area contributed by atoms with Crippen LogP contribution in [0, 0.1) is 13.8 Å². The molecule has 3 heterocycles. The van der Waals surface area contributed by atoms with E-state index in [1.807, 2.05) is 50.8 Å². The highest BCUT2D eigenvalue weighted by atomic mass is 32.1. The highest BCUT2D eigenvalue weighted by Gasteiger charge is 2.24. The number of nitrogens with zero attached hydrogens (tertiary/aromatic N) is 4. The molecule has 0 aliphatic carbocycles. The molecule has 1 aromatic carbocycles. The number of benzene rings is 1.